The number of pyridine rings is 1. The van der Waals surface area contributed by atoms with Crippen molar-refractivity contribution in [2.75, 3.05) is 37.7 Å². The first-order valence-corrected chi connectivity index (χ1v) is 8.16. The van der Waals surface area contributed by atoms with E-state index in [1.54, 1.807) is 4.90 Å². The van der Waals surface area contributed by atoms with Gasteiger partial charge in [-0.25, -0.2) is 9.78 Å². The van der Waals surface area contributed by atoms with Crippen molar-refractivity contribution in [2.45, 2.75) is 13.8 Å². The maximum Gasteiger partial charge on any atom is 0.409 e. The number of carbonyl (C=O) groups excluding carboxylic acids is 1. The SMILES string of the molecule is CC(C)COC(=O)N1CCN(c2ccc3ccccc3n2)CC1. The van der Waals surface area contributed by atoms with E-state index < -0.39 is 0 Å². The molecule has 1 aliphatic rings. The fourth-order valence-corrected chi connectivity index (χ4v) is 2.68. The zero-order valence-electron chi connectivity index (χ0n) is 13.7. The lowest BCUT2D eigenvalue weighted by Crippen LogP contribution is -2.49. The molecule has 3 rings (SSSR count). The van der Waals surface area contributed by atoms with Crippen LogP contribution in [0.1, 0.15) is 13.8 Å². The first kappa shape index (κ1) is 15.6. The van der Waals surface area contributed by atoms with E-state index in [4.69, 9.17) is 9.72 Å². The van der Waals surface area contributed by atoms with Gasteiger partial charge < -0.3 is 14.5 Å². The minimum absolute atomic E-state index is 0.204. The Morgan fingerprint density at radius 2 is 1.87 bits per heavy atom. The van der Waals surface area contributed by atoms with E-state index in [-0.39, 0.29) is 6.09 Å². The number of anilines is 1. The Bertz CT molecular complexity index is 679. The zero-order chi connectivity index (χ0) is 16.2. The number of aromatic nitrogens is 1. The van der Waals surface area contributed by atoms with Crippen LogP contribution in [0.15, 0.2) is 36.4 Å². The first-order chi connectivity index (χ1) is 11.1. The molecule has 122 valence electrons. The van der Waals surface area contributed by atoms with Gasteiger partial charge in [0, 0.05) is 31.6 Å². The van der Waals surface area contributed by atoms with Gasteiger partial charge >= 0.3 is 6.09 Å². The van der Waals surface area contributed by atoms with E-state index in [1.165, 1.54) is 0 Å². The summed E-state index contributed by atoms with van der Waals surface area (Å²) in [6.45, 7) is 7.46. The van der Waals surface area contributed by atoms with Crippen LogP contribution >= 0.6 is 0 Å². The van der Waals surface area contributed by atoms with Gasteiger partial charge in [0.1, 0.15) is 5.82 Å². The molecule has 1 aromatic heterocycles. The second-order valence-corrected chi connectivity index (χ2v) is 6.31. The van der Waals surface area contributed by atoms with Crippen molar-refractivity contribution < 1.29 is 9.53 Å². The van der Waals surface area contributed by atoms with Crippen LogP contribution in [0.25, 0.3) is 10.9 Å². The van der Waals surface area contributed by atoms with Crippen molar-refractivity contribution in [2.24, 2.45) is 5.92 Å². The number of hydrogen-bond donors (Lipinski definition) is 0. The van der Waals surface area contributed by atoms with E-state index in [9.17, 15) is 4.79 Å². The summed E-state index contributed by atoms with van der Waals surface area (Å²) in [4.78, 5) is 20.7. The molecule has 1 amide bonds. The van der Waals surface area contributed by atoms with Gasteiger partial charge in [-0.2, -0.15) is 0 Å². The van der Waals surface area contributed by atoms with E-state index in [2.05, 4.69) is 23.1 Å². The molecule has 1 saturated heterocycles. The number of ether oxygens (including phenoxy) is 1. The van der Waals surface area contributed by atoms with Gasteiger partial charge in [0.05, 0.1) is 12.1 Å². The fraction of sp³-hybridized carbons (Fsp3) is 0.444. The van der Waals surface area contributed by atoms with Crippen LogP contribution in [0, 0.1) is 5.92 Å². The fourth-order valence-electron chi connectivity index (χ4n) is 2.68. The summed E-state index contributed by atoms with van der Waals surface area (Å²) in [6, 6.07) is 12.3. The molecule has 2 heterocycles. The van der Waals surface area contributed by atoms with E-state index in [1.807, 2.05) is 32.0 Å². The summed E-state index contributed by atoms with van der Waals surface area (Å²) >= 11 is 0. The van der Waals surface area contributed by atoms with Crippen LogP contribution in [0.5, 0.6) is 0 Å². The molecule has 0 bridgehead atoms. The quantitative estimate of drug-likeness (QED) is 0.873. The van der Waals surface area contributed by atoms with Crippen molar-refractivity contribution in [3.05, 3.63) is 36.4 Å². The highest BCUT2D eigenvalue weighted by atomic mass is 16.6. The third-order valence-corrected chi connectivity index (χ3v) is 3.99. The van der Waals surface area contributed by atoms with Crippen LogP contribution < -0.4 is 4.90 Å². The molecule has 0 radical (unpaired) electrons. The van der Waals surface area contributed by atoms with Gasteiger partial charge in [-0.05, 0) is 24.1 Å². The summed E-state index contributed by atoms with van der Waals surface area (Å²) in [7, 11) is 0. The van der Waals surface area contributed by atoms with Crippen LogP contribution in [0.3, 0.4) is 0 Å². The summed E-state index contributed by atoms with van der Waals surface area (Å²) in [5.74, 6) is 1.33. The average Bonchev–Trinajstić information content (AvgIpc) is 2.59. The van der Waals surface area contributed by atoms with E-state index in [0.717, 1.165) is 29.8 Å². The number of fused-ring (bicyclic) bond motifs is 1. The molecule has 0 aliphatic carbocycles. The average molecular weight is 313 g/mol. The van der Waals surface area contributed by atoms with Crippen molar-refractivity contribution in [1.82, 2.24) is 9.88 Å². The van der Waals surface area contributed by atoms with Crippen LogP contribution in [-0.2, 0) is 4.74 Å². The van der Waals surface area contributed by atoms with E-state index >= 15 is 0 Å². The molecule has 1 fully saturated rings. The molecule has 1 aliphatic heterocycles. The summed E-state index contributed by atoms with van der Waals surface area (Å²) in [5, 5.41) is 1.15. The van der Waals surface area contributed by atoms with Crippen molar-refractivity contribution in [1.29, 1.82) is 0 Å². The van der Waals surface area contributed by atoms with E-state index in [0.29, 0.717) is 25.6 Å². The molecular formula is C18H23N3O2. The zero-order valence-corrected chi connectivity index (χ0v) is 13.7. The number of amides is 1. The topological polar surface area (TPSA) is 45.7 Å². The Labute approximate surface area is 136 Å². The highest BCUT2D eigenvalue weighted by Crippen LogP contribution is 2.19. The van der Waals surface area contributed by atoms with Crippen LogP contribution in [0.2, 0.25) is 0 Å². The Morgan fingerprint density at radius 1 is 1.13 bits per heavy atom. The monoisotopic (exact) mass is 313 g/mol. The van der Waals surface area contributed by atoms with Crippen LogP contribution in [0.4, 0.5) is 10.6 Å². The minimum atomic E-state index is -0.204. The van der Waals surface area contributed by atoms with Crippen molar-refractivity contribution in [3.8, 4) is 0 Å². The highest BCUT2D eigenvalue weighted by molar-refractivity contribution is 5.80. The lowest BCUT2D eigenvalue weighted by atomic mass is 10.2. The number of para-hydroxylation sites is 1. The van der Waals surface area contributed by atoms with Gasteiger partial charge in [-0.1, -0.05) is 32.0 Å². The molecule has 0 spiro atoms. The highest BCUT2D eigenvalue weighted by Gasteiger charge is 2.23. The second-order valence-electron chi connectivity index (χ2n) is 6.31. The summed E-state index contributed by atoms with van der Waals surface area (Å²) in [5.41, 5.74) is 1.00. The Morgan fingerprint density at radius 3 is 2.61 bits per heavy atom. The number of carbonyl (C=O) groups is 1. The number of rotatable bonds is 3. The van der Waals surface area contributed by atoms with Gasteiger partial charge in [0.2, 0.25) is 0 Å². The predicted molar refractivity (Wildman–Crippen MR) is 91.7 cm³/mol. The first-order valence-electron chi connectivity index (χ1n) is 8.16. The number of hydrogen-bond acceptors (Lipinski definition) is 4. The van der Waals surface area contributed by atoms with Crippen LogP contribution in [-0.4, -0.2) is 48.8 Å². The van der Waals surface area contributed by atoms with Crippen molar-refractivity contribution >= 4 is 22.8 Å². The Hall–Kier alpha value is -2.30. The molecule has 2 aromatic rings. The van der Waals surface area contributed by atoms with Gasteiger partial charge in [-0.15, -0.1) is 0 Å². The third-order valence-electron chi connectivity index (χ3n) is 3.99. The molecule has 0 saturated carbocycles. The largest absolute Gasteiger partial charge is 0.449 e. The standard InChI is InChI=1S/C18H23N3O2/c1-14(2)13-23-18(22)21-11-9-20(10-12-21)17-8-7-15-5-3-4-6-16(15)19-17/h3-8,14H,9-13H2,1-2H3. The number of nitrogens with zero attached hydrogens (tertiary/aromatic N) is 3. The lowest BCUT2D eigenvalue weighted by Gasteiger charge is -2.35. The molecule has 5 heteroatoms. The predicted octanol–water partition coefficient (Wildman–Crippen LogP) is 3.15. The van der Waals surface area contributed by atoms with Gasteiger partial charge in [0.15, 0.2) is 0 Å². The number of piperazine rings is 1. The normalized spacial score (nSPS) is 15.3. The smallest absolute Gasteiger partial charge is 0.409 e. The molecule has 0 N–H and O–H groups in total. The van der Waals surface area contributed by atoms with Crippen molar-refractivity contribution in [3.63, 3.8) is 0 Å². The maximum absolute atomic E-state index is 12.0. The van der Waals surface area contributed by atoms with Gasteiger partial charge in [0.25, 0.3) is 0 Å². The number of benzene rings is 1. The molecule has 23 heavy (non-hydrogen) atoms. The minimum Gasteiger partial charge on any atom is -0.449 e. The third kappa shape index (κ3) is 3.73. The summed E-state index contributed by atoms with van der Waals surface area (Å²) in [6.07, 6.45) is -0.204. The summed E-state index contributed by atoms with van der Waals surface area (Å²) < 4.78 is 5.29. The maximum atomic E-state index is 12.0. The lowest BCUT2D eigenvalue weighted by molar-refractivity contribution is 0.0901. The molecule has 0 atom stereocenters. The second kappa shape index (κ2) is 6.86. The molecular weight excluding hydrogens is 290 g/mol. The Balaban J connectivity index is 1.60. The Kier molecular flexibility index (Phi) is 4.65. The molecule has 0 unspecified atom stereocenters. The molecule has 1 aromatic carbocycles. The van der Waals surface area contributed by atoms with Gasteiger partial charge in [-0.3, -0.25) is 0 Å². The molecule has 5 nitrogen and oxygen atoms in total.